The lowest BCUT2D eigenvalue weighted by molar-refractivity contribution is -0.143. The van der Waals surface area contributed by atoms with Gasteiger partial charge in [-0.1, -0.05) is 12.8 Å². The van der Waals surface area contributed by atoms with Crippen molar-refractivity contribution in [3.63, 3.8) is 0 Å². The molecule has 7 heteroatoms. The topological polar surface area (TPSA) is 72.0 Å². The van der Waals surface area contributed by atoms with Crippen molar-refractivity contribution in [3.05, 3.63) is 0 Å². The van der Waals surface area contributed by atoms with E-state index in [1.165, 1.54) is 0 Å². The number of aliphatic imine (C=N–C) groups is 1. The Bertz CT molecular complexity index is 276. The molecule has 0 spiro atoms. The Hall–Kier alpha value is -0.570. The van der Waals surface area contributed by atoms with Gasteiger partial charge in [0, 0.05) is 33.7 Å². The van der Waals surface area contributed by atoms with Gasteiger partial charge < -0.3 is 20.1 Å². The third-order valence-corrected chi connectivity index (χ3v) is 2.73. The molecule has 0 fully saturated rings. The molecule has 0 rings (SSSR count). The summed E-state index contributed by atoms with van der Waals surface area (Å²) in [6.45, 7) is 4.59. The summed E-state index contributed by atoms with van der Waals surface area (Å²) in [5, 5.41) is 6.39. The Morgan fingerprint density at radius 3 is 2.38 bits per heavy atom. The predicted octanol–water partition coefficient (Wildman–Crippen LogP) is 1.93. The zero-order valence-electron chi connectivity index (χ0n) is 13.4. The SMILES string of the molecule is CCOC(=O)CCCCCCNC(=NC)NCCOC.I. The molecule has 21 heavy (non-hydrogen) atoms. The number of ether oxygens (including phenoxy) is 2. The molecule has 0 aromatic heterocycles. The Morgan fingerprint density at radius 2 is 1.76 bits per heavy atom. The molecule has 0 aromatic carbocycles. The number of rotatable bonds is 11. The van der Waals surface area contributed by atoms with E-state index >= 15 is 0 Å². The van der Waals surface area contributed by atoms with Gasteiger partial charge >= 0.3 is 5.97 Å². The quantitative estimate of drug-likeness (QED) is 0.177. The Balaban J connectivity index is 0. The van der Waals surface area contributed by atoms with E-state index in [9.17, 15) is 4.79 Å². The summed E-state index contributed by atoms with van der Waals surface area (Å²) in [7, 11) is 3.43. The van der Waals surface area contributed by atoms with E-state index in [0.29, 0.717) is 19.6 Å². The number of methoxy groups -OCH3 is 1. The molecular weight excluding hydrogens is 385 g/mol. The Labute approximate surface area is 145 Å². The van der Waals surface area contributed by atoms with E-state index in [0.717, 1.165) is 44.7 Å². The van der Waals surface area contributed by atoms with E-state index in [4.69, 9.17) is 9.47 Å². The van der Waals surface area contributed by atoms with Crippen LogP contribution < -0.4 is 10.6 Å². The summed E-state index contributed by atoms with van der Waals surface area (Å²) < 4.78 is 9.84. The van der Waals surface area contributed by atoms with Gasteiger partial charge in [-0.05, 0) is 19.8 Å². The molecule has 0 aliphatic carbocycles. The van der Waals surface area contributed by atoms with E-state index in [1.807, 2.05) is 6.92 Å². The molecule has 2 N–H and O–H groups in total. The van der Waals surface area contributed by atoms with E-state index in [2.05, 4.69) is 15.6 Å². The number of nitrogens with one attached hydrogen (secondary N) is 2. The maximum absolute atomic E-state index is 11.1. The first-order valence-electron chi connectivity index (χ1n) is 7.33. The molecule has 0 aliphatic rings. The zero-order chi connectivity index (χ0) is 15.1. The lowest BCUT2D eigenvalue weighted by atomic mass is 10.1. The van der Waals surface area contributed by atoms with Crippen LogP contribution in [0.4, 0.5) is 0 Å². The van der Waals surface area contributed by atoms with Gasteiger partial charge in [0.15, 0.2) is 5.96 Å². The van der Waals surface area contributed by atoms with Crippen LogP contribution in [-0.2, 0) is 14.3 Å². The van der Waals surface area contributed by atoms with Crippen molar-refractivity contribution < 1.29 is 14.3 Å². The third-order valence-electron chi connectivity index (χ3n) is 2.73. The second kappa shape index (κ2) is 17.5. The number of nitrogens with zero attached hydrogens (tertiary/aromatic N) is 1. The summed E-state index contributed by atoms with van der Waals surface area (Å²) in [6.07, 6.45) is 4.65. The fraction of sp³-hybridized carbons (Fsp3) is 0.857. The summed E-state index contributed by atoms with van der Waals surface area (Å²) in [6, 6.07) is 0. The van der Waals surface area contributed by atoms with E-state index < -0.39 is 0 Å². The van der Waals surface area contributed by atoms with E-state index in [-0.39, 0.29) is 29.9 Å². The molecular formula is C14H30IN3O3. The van der Waals surface area contributed by atoms with Crippen LogP contribution in [0.25, 0.3) is 0 Å². The van der Waals surface area contributed by atoms with E-state index in [1.54, 1.807) is 14.2 Å². The van der Waals surface area contributed by atoms with Crippen molar-refractivity contribution in [2.75, 3.05) is 40.5 Å². The normalized spacial score (nSPS) is 10.7. The van der Waals surface area contributed by atoms with Gasteiger partial charge in [-0.25, -0.2) is 0 Å². The largest absolute Gasteiger partial charge is 0.466 e. The Morgan fingerprint density at radius 1 is 1.10 bits per heavy atom. The first-order valence-corrected chi connectivity index (χ1v) is 7.33. The number of carbonyl (C=O) groups is 1. The monoisotopic (exact) mass is 415 g/mol. The molecule has 0 saturated heterocycles. The predicted molar refractivity (Wildman–Crippen MR) is 96.4 cm³/mol. The Kier molecular flexibility index (Phi) is 18.9. The van der Waals surface area contributed by atoms with Gasteiger partial charge in [-0.2, -0.15) is 0 Å². The second-order valence-corrected chi connectivity index (χ2v) is 4.39. The minimum absolute atomic E-state index is 0. The molecule has 0 bridgehead atoms. The van der Waals surface area contributed by atoms with Crippen LogP contribution >= 0.6 is 24.0 Å². The van der Waals surface area contributed by atoms with Crippen LogP contribution in [0.5, 0.6) is 0 Å². The number of hydrogen-bond donors (Lipinski definition) is 2. The third kappa shape index (κ3) is 15.6. The maximum Gasteiger partial charge on any atom is 0.305 e. The highest BCUT2D eigenvalue weighted by molar-refractivity contribution is 14.0. The van der Waals surface area contributed by atoms with Crippen LogP contribution in [0.1, 0.15) is 39.0 Å². The first-order chi connectivity index (χ1) is 9.74. The molecule has 6 nitrogen and oxygen atoms in total. The van der Waals surface area contributed by atoms with Crippen LogP contribution in [0.3, 0.4) is 0 Å². The van der Waals surface area contributed by atoms with Crippen molar-refractivity contribution in [1.82, 2.24) is 10.6 Å². The summed E-state index contributed by atoms with van der Waals surface area (Å²) in [4.78, 5) is 15.2. The number of halogens is 1. The van der Waals surface area contributed by atoms with Crippen molar-refractivity contribution in [1.29, 1.82) is 0 Å². The molecule has 0 unspecified atom stereocenters. The van der Waals surface area contributed by atoms with Crippen molar-refractivity contribution in [3.8, 4) is 0 Å². The summed E-state index contributed by atoms with van der Waals surface area (Å²) >= 11 is 0. The van der Waals surface area contributed by atoms with Crippen molar-refractivity contribution in [2.45, 2.75) is 39.0 Å². The summed E-state index contributed by atoms with van der Waals surface area (Å²) in [5.74, 6) is 0.710. The fourth-order valence-corrected chi connectivity index (χ4v) is 1.68. The fourth-order valence-electron chi connectivity index (χ4n) is 1.68. The van der Waals surface area contributed by atoms with Crippen LogP contribution in [-0.4, -0.2) is 52.4 Å². The molecule has 0 saturated carbocycles. The van der Waals surface area contributed by atoms with Crippen LogP contribution in [0, 0.1) is 0 Å². The average Bonchev–Trinajstić information content (AvgIpc) is 2.44. The number of carbonyl (C=O) groups excluding carboxylic acids is 1. The lowest BCUT2D eigenvalue weighted by Crippen LogP contribution is -2.39. The number of guanidine groups is 1. The molecule has 0 aliphatic heterocycles. The average molecular weight is 415 g/mol. The van der Waals surface area contributed by atoms with Gasteiger partial charge in [0.1, 0.15) is 0 Å². The van der Waals surface area contributed by atoms with Gasteiger partial charge in [0.25, 0.3) is 0 Å². The van der Waals surface area contributed by atoms with Gasteiger partial charge in [-0.15, -0.1) is 24.0 Å². The molecule has 0 amide bonds. The molecule has 126 valence electrons. The number of hydrogen-bond acceptors (Lipinski definition) is 4. The minimum atomic E-state index is -0.0895. The molecule has 0 aromatic rings. The van der Waals surface area contributed by atoms with Gasteiger partial charge in [0.05, 0.1) is 13.2 Å². The van der Waals surface area contributed by atoms with Crippen molar-refractivity contribution >= 4 is 35.9 Å². The lowest BCUT2D eigenvalue weighted by Gasteiger charge is -2.11. The van der Waals surface area contributed by atoms with Crippen LogP contribution in [0.2, 0.25) is 0 Å². The first kappa shape index (κ1) is 22.7. The number of esters is 1. The maximum atomic E-state index is 11.1. The standard InChI is InChI=1S/C14H29N3O3.HI/c1-4-20-13(18)9-7-5-6-8-10-16-14(15-2)17-11-12-19-3;/h4-12H2,1-3H3,(H2,15,16,17);1H. The van der Waals surface area contributed by atoms with Crippen LogP contribution in [0.15, 0.2) is 4.99 Å². The highest BCUT2D eigenvalue weighted by atomic mass is 127. The molecule has 0 atom stereocenters. The smallest absolute Gasteiger partial charge is 0.305 e. The van der Waals surface area contributed by atoms with Gasteiger partial charge in [0.2, 0.25) is 0 Å². The summed E-state index contributed by atoms with van der Waals surface area (Å²) in [5.41, 5.74) is 0. The highest BCUT2D eigenvalue weighted by Gasteiger charge is 2.01. The minimum Gasteiger partial charge on any atom is -0.466 e. The molecule has 0 heterocycles. The molecule has 0 radical (unpaired) electrons. The van der Waals surface area contributed by atoms with Crippen molar-refractivity contribution in [2.24, 2.45) is 4.99 Å². The van der Waals surface area contributed by atoms with Gasteiger partial charge in [-0.3, -0.25) is 9.79 Å². The zero-order valence-corrected chi connectivity index (χ0v) is 15.8. The highest BCUT2D eigenvalue weighted by Crippen LogP contribution is 2.03. The number of unbranched alkanes of at least 4 members (excludes halogenated alkanes) is 3. The second-order valence-electron chi connectivity index (χ2n) is 4.39.